The summed E-state index contributed by atoms with van der Waals surface area (Å²) in [5.41, 5.74) is 1.41. The average Bonchev–Trinajstić information content (AvgIpc) is 3.18. The van der Waals surface area contributed by atoms with Crippen LogP contribution in [-0.2, 0) is 4.79 Å². The molecule has 0 aliphatic heterocycles. The molecule has 3 aromatic rings. The maximum atomic E-state index is 12.3. The van der Waals surface area contributed by atoms with Crippen molar-refractivity contribution in [3.63, 3.8) is 0 Å². The molecule has 0 spiro atoms. The number of carbonyl (C=O) groups is 1. The van der Waals surface area contributed by atoms with Gasteiger partial charge in [0.05, 0.1) is 22.8 Å². The van der Waals surface area contributed by atoms with E-state index in [1.807, 2.05) is 6.07 Å². The Kier molecular flexibility index (Phi) is 7.39. The van der Waals surface area contributed by atoms with E-state index in [9.17, 15) is 14.9 Å². The molecule has 0 saturated carbocycles. The average molecular weight is 448 g/mol. The van der Waals surface area contributed by atoms with Crippen molar-refractivity contribution in [2.24, 2.45) is 0 Å². The molecule has 0 radical (unpaired) electrons. The third-order valence-electron chi connectivity index (χ3n) is 4.41. The molecule has 168 valence electrons. The number of carbonyl (C=O) groups excluding carboxylic acids is 1. The van der Waals surface area contributed by atoms with Gasteiger partial charge in [-0.15, -0.1) is 0 Å². The summed E-state index contributed by atoms with van der Waals surface area (Å²) in [6.45, 7) is 3.36. The van der Waals surface area contributed by atoms with Crippen LogP contribution in [0.25, 0.3) is 12.2 Å². The van der Waals surface area contributed by atoms with Gasteiger partial charge in [0.15, 0.2) is 23.8 Å². The van der Waals surface area contributed by atoms with E-state index < -0.39 is 10.8 Å². The van der Waals surface area contributed by atoms with Crippen LogP contribution in [0.2, 0.25) is 0 Å². The largest absolute Gasteiger partial charge is 0.490 e. The minimum atomic E-state index is -0.547. The standard InChI is InChI=1S/C23H20N4O6/c1-3-31-21-12-16(9-11-20-23(27(29)30)15(2)26-33-20)8-10-19(21)32-14-22(28)25-18-7-5-4-6-17(18)13-24/h4-12H,3,14H2,1-2H3,(H,25,28)/b11-9+. The number of hydrogen-bond donors (Lipinski definition) is 1. The summed E-state index contributed by atoms with van der Waals surface area (Å²) >= 11 is 0. The quantitative estimate of drug-likeness (QED) is 0.376. The summed E-state index contributed by atoms with van der Waals surface area (Å²) < 4.78 is 16.2. The molecule has 2 aromatic carbocycles. The maximum absolute atomic E-state index is 12.3. The predicted octanol–water partition coefficient (Wildman–Crippen LogP) is 4.35. The smallest absolute Gasteiger partial charge is 0.338 e. The van der Waals surface area contributed by atoms with Crippen molar-refractivity contribution in [2.45, 2.75) is 13.8 Å². The number of amides is 1. The zero-order chi connectivity index (χ0) is 23.8. The predicted molar refractivity (Wildman–Crippen MR) is 120 cm³/mol. The first-order valence-electron chi connectivity index (χ1n) is 9.90. The lowest BCUT2D eigenvalue weighted by Crippen LogP contribution is -2.21. The Hall–Kier alpha value is -4.65. The van der Waals surface area contributed by atoms with Gasteiger partial charge in [0.2, 0.25) is 5.76 Å². The van der Waals surface area contributed by atoms with E-state index in [2.05, 4.69) is 10.5 Å². The molecule has 10 heteroatoms. The molecule has 1 aromatic heterocycles. The summed E-state index contributed by atoms with van der Waals surface area (Å²) in [5.74, 6) is 0.342. The molecule has 33 heavy (non-hydrogen) atoms. The van der Waals surface area contributed by atoms with Crippen molar-refractivity contribution in [3.05, 3.63) is 75.2 Å². The lowest BCUT2D eigenvalue weighted by molar-refractivity contribution is -0.386. The SMILES string of the molecule is CCOc1cc(/C=C/c2onc(C)c2[N+](=O)[O-])ccc1OCC(=O)Nc1ccccc1C#N. The lowest BCUT2D eigenvalue weighted by atomic mass is 10.1. The van der Waals surface area contributed by atoms with Crippen LogP contribution in [0, 0.1) is 28.4 Å². The number of aromatic nitrogens is 1. The van der Waals surface area contributed by atoms with Crippen LogP contribution in [0.1, 0.15) is 29.5 Å². The Morgan fingerprint density at radius 1 is 1.24 bits per heavy atom. The number of nitriles is 1. The molecule has 1 N–H and O–H groups in total. The van der Waals surface area contributed by atoms with E-state index in [0.29, 0.717) is 34.9 Å². The van der Waals surface area contributed by atoms with Crippen LogP contribution < -0.4 is 14.8 Å². The van der Waals surface area contributed by atoms with Crippen LogP contribution in [0.15, 0.2) is 47.0 Å². The van der Waals surface area contributed by atoms with Crippen LogP contribution in [0.5, 0.6) is 11.5 Å². The van der Waals surface area contributed by atoms with Gasteiger partial charge in [0, 0.05) is 0 Å². The van der Waals surface area contributed by atoms with E-state index in [4.69, 9.17) is 19.3 Å². The molecule has 0 atom stereocenters. The lowest BCUT2D eigenvalue weighted by Gasteiger charge is -2.13. The van der Waals surface area contributed by atoms with Crippen molar-refractivity contribution < 1.29 is 23.7 Å². The van der Waals surface area contributed by atoms with E-state index in [1.54, 1.807) is 55.5 Å². The minimum absolute atomic E-state index is 0.0325. The molecule has 0 aliphatic rings. The highest BCUT2D eigenvalue weighted by molar-refractivity contribution is 5.93. The number of nitro groups is 1. The van der Waals surface area contributed by atoms with E-state index in [1.165, 1.54) is 13.0 Å². The summed E-state index contributed by atoms with van der Waals surface area (Å²) in [5, 5.41) is 26.6. The van der Waals surface area contributed by atoms with Crippen molar-refractivity contribution in [1.29, 1.82) is 5.26 Å². The number of aryl methyl sites for hydroxylation is 1. The van der Waals surface area contributed by atoms with Crippen LogP contribution in [0.3, 0.4) is 0 Å². The summed E-state index contributed by atoms with van der Waals surface area (Å²) in [6.07, 6.45) is 3.06. The van der Waals surface area contributed by atoms with Crippen molar-refractivity contribution in [2.75, 3.05) is 18.5 Å². The number of benzene rings is 2. The molecular weight excluding hydrogens is 428 g/mol. The topological polar surface area (TPSA) is 141 Å². The number of nitrogens with one attached hydrogen (secondary N) is 1. The van der Waals surface area contributed by atoms with Gasteiger partial charge in [-0.3, -0.25) is 14.9 Å². The third-order valence-corrected chi connectivity index (χ3v) is 4.41. The Bertz CT molecular complexity index is 1240. The Labute approximate surface area is 189 Å². The fraction of sp³-hybridized carbons (Fsp3) is 0.174. The number of rotatable bonds is 9. The van der Waals surface area contributed by atoms with Crippen molar-refractivity contribution in [3.8, 4) is 17.6 Å². The molecule has 0 saturated heterocycles. The van der Waals surface area contributed by atoms with Gasteiger partial charge in [-0.05, 0) is 49.8 Å². The highest BCUT2D eigenvalue weighted by atomic mass is 16.6. The Morgan fingerprint density at radius 3 is 2.76 bits per heavy atom. The van der Waals surface area contributed by atoms with Crippen LogP contribution >= 0.6 is 0 Å². The summed E-state index contributed by atoms with van der Waals surface area (Å²) in [6, 6.07) is 13.7. The fourth-order valence-corrected chi connectivity index (χ4v) is 2.92. The van der Waals surface area contributed by atoms with Gasteiger partial charge < -0.3 is 19.3 Å². The second-order valence-electron chi connectivity index (χ2n) is 6.70. The number of ether oxygens (including phenoxy) is 2. The molecular formula is C23H20N4O6. The molecule has 1 amide bonds. The monoisotopic (exact) mass is 448 g/mol. The van der Waals surface area contributed by atoms with Gasteiger partial charge in [0.1, 0.15) is 6.07 Å². The molecule has 0 bridgehead atoms. The normalized spacial score (nSPS) is 10.6. The van der Waals surface area contributed by atoms with Crippen LogP contribution in [-0.4, -0.2) is 29.2 Å². The molecule has 0 fully saturated rings. The maximum Gasteiger partial charge on any atom is 0.338 e. The Balaban J connectivity index is 1.72. The number of hydrogen-bond acceptors (Lipinski definition) is 8. The molecule has 0 unspecified atom stereocenters. The van der Waals surface area contributed by atoms with E-state index >= 15 is 0 Å². The first kappa shape index (κ1) is 23.0. The van der Waals surface area contributed by atoms with Gasteiger partial charge >= 0.3 is 5.69 Å². The van der Waals surface area contributed by atoms with Gasteiger partial charge in [-0.2, -0.15) is 5.26 Å². The zero-order valence-electron chi connectivity index (χ0n) is 17.9. The molecule has 10 nitrogen and oxygen atoms in total. The molecule has 3 rings (SSSR count). The van der Waals surface area contributed by atoms with Gasteiger partial charge in [0.25, 0.3) is 5.91 Å². The van der Waals surface area contributed by atoms with E-state index in [-0.39, 0.29) is 23.7 Å². The Morgan fingerprint density at radius 2 is 2.03 bits per heavy atom. The van der Waals surface area contributed by atoms with Gasteiger partial charge in [-0.1, -0.05) is 29.4 Å². The van der Waals surface area contributed by atoms with Crippen molar-refractivity contribution >= 4 is 29.4 Å². The van der Waals surface area contributed by atoms with Crippen molar-refractivity contribution in [1.82, 2.24) is 5.16 Å². The third kappa shape index (κ3) is 5.74. The first-order chi connectivity index (χ1) is 15.9. The van der Waals surface area contributed by atoms with Crippen LogP contribution in [0.4, 0.5) is 11.4 Å². The van der Waals surface area contributed by atoms with E-state index in [0.717, 1.165) is 0 Å². The first-order valence-corrected chi connectivity index (χ1v) is 9.90. The number of nitrogens with zero attached hydrogens (tertiary/aromatic N) is 3. The summed E-state index contributed by atoms with van der Waals surface area (Å²) in [4.78, 5) is 22.9. The summed E-state index contributed by atoms with van der Waals surface area (Å²) in [7, 11) is 0. The zero-order valence-corrected chi connectivity index (χ0v) is 17.9. The molecule has 0 aliphatic carbocycles. The second kappa shape index (κ2) is 10.6. The number of anilines is 1. The fourth-order valence-electron chi connectivity index (χ4n) is 2.92. The van der Waals surface area contributed by atoms with Gasteiger partial charge in [-0.25, -0.2) is 0 Å². The minimum Gasteiger partial charge on any atom is -0.490 e. The molecule has 1 heterocycles. The highest BCUT2D eigenvalue weighted by Gasteiger charge is 2.22. The number of para-hydroxylation sites is 1. The highest BCUT2D eigenvalue weighted by Crippen LogP contribution is 2.30. The second-order valence-corrected chi connectivity index (χ2v) is 6.70.